The molecule has 0 atom stereocenters. The number of hydrogen-bond donors (Lipinski definition) is 2. The molecule has 0 aliphatic carbocycles. The van der Waals surface area contributed by atoms with Crippen LogP contribution in [0.1, 0.15) is 59.3 Å². The SMILES string of the molecule is CC(C)(C)OC(=O)NCCCCCOCCOCCCCCN. The van der Waals surface area contributed by atoms with Crippen molar-refractivity contribution in [2.75, 3.05) is 39.5 Å². The first-order chi connectivity index (χ1) is 11.0. The molecule has 0 radical (unpaired) electrons. The number of amides is 1. The Morgan fingerprint density at radius 1 is 0.870 bits per heavy atom. The zero-order chi connectivity index (χ0) is 17.4. The second-order valence-corrected chi connectivity index (χ2v) is 6.56. The molecule has 23 heavy (non-hydrogen) atoms. The number of hydrogen-bond acceptors (Lipinski definition) is 5. The van der Waals surface area contributed by atoms with Gasteiger partial charge >= 0.3 is 6.09 Å². The Labute approximate surface area is 141 Å². The fraction of sp³-hybridized carbons (Fsp3) is 0.941. The van der Waals surface area contributed by atoms with E-state index < -0.39 is 5.60 Å². The lowest BCUT2D eigenvalue weighted by Gasteiger charge is -2.19. The Morgan fingerprint density at radius 3 is 1.96 bits per heavy atom. The number of ether oxygens (including phenoxy) is 3. The van der Waals surface area contributed by atoms with E-state index in [4.69, 9.17) is 19.9 Å². The molecule has 138 valence electrons. The van der Waals surface area contributed by atoms with Crippen molar-refractivity contribution >= 4 is 6.09 Å². The summed E-state index contributed by atoms with van der Waals surface area (Å²) >= 11 is 0. The average molecular weight is 332 g/mol. The standard InChI is InChI=1S/C17H36N2O4/c1-17(2,3)23-16(20)19-11-7-5-9-13-22-15-14-21-12-8-4-6-10-18/h4-15,18H2,1-3H3,(H,19,20). The van der Waals surface area contributed by atoms with E-state index >= 15 is 0 Å². The molecule has 0 fully saturated rings. The van der Waals surface area contributed by atoms with Crippen molar-refractivity contribution in [3.8, 4) is 0 Å². The fourth-order valence-electron chi connectivity index (χ4n) is 1.86. The van der Waals surface area contributed by atoms with E-state index in [0.717, 1.165) is 58.3 Å². The zero-order valence-corrected chi connectivity index (χ0v) is 15.2. The predicted octanol–water partition coefficient (Wildman–Crippen LogP) is 2.84. The highest BCUT2D eigenvalue weighted by Crippen LogP contribution is 2.06. The summed E-state index contributed by atoms with van der Waals surface area (Å²) in [6.45, 7) is 9.80. The van der Waals surface area contributed by atoms with Gasteiger partial charge in [-0.05, 0) is 65.8 Å². The molecule has 0 saturated carbocycles. The maximum Gasteiger partial charge on any atom is 0.407 e. The van der Waals surface area contributed by atoms with Gasteiger partial charge in [0, 0.05) is 19.8 Å². The number of alkyl carbamates (subject to hydrolysis) is 1. The van der Waals surface area contributed by atoms with Gasteiger partial charge in [0.15, 0.2) is 0 Å². The average Bonchev–Trinajstić information content (AvgIpc) is 2.46. The first kappa shape index (κ1) is 22.1. The van der Waals surface area contributed by atoms with Crippen LogP contribution in [-0.2, 0) is 14.2 Å². The third-order valence-corrected chi connectivity index (χ3v) is 3.00. The molecule has 1 amide bonds. The lowest BCUT2D eigenvalue weighted by molar-refractivity contribution is 0.0447. The van der Waals surface area contributed by atoms with Crippen molar-refractivity contribution in [1.82, 2.24) is 5.32 Å². The molecule has 0 unspecified atom stereocenters. The molecule has 3 N–H and O–H groups in total. The van der Waals surface area contributed by atoms with E-state index in [9.17, 15) is 4.79 Å². The van der Waals surface area contributed by atoms with E-state index in [0.29, 0.717) is 19.8 Å². The summed E-state index contributed by atoms with van der Waals surface area (Å²) in [5.41, 5.74) is 4.98. The summed E-state index contributed by atoms with van der Waals surface area (Å²) < 4.78 is 16.1. The second-order valence-electron chi connectivity index (χ2n) is 6.56. The summed E-state index contributed by atoms with van der Waals surface area (Å²) in [5, 5.41) is 2.75. The molecule has 0 aromatic rings. The molecule has 0 aliphatic rings. The molecular formula is C17H36N2O4. The largest absolute Gasteiger partial charge is 0.444 e. The summed E-state index contributed by atoms with van der Waals surface area (Å²) in [7, 11) is 0. The third-order valence-electron chi connectivity index (χ3n) is 3.00. The molecule has 6 heteroatoms. The van der Waals surface area contributed by atoms with Gasteiger partial charge in [-0.25, -0.2) is 4.79 Å². The predicted molar refractivity (Wildman–Crippen MR) is 92.6 cm³/mol. The van der Waals surface area contributed by atoms with Crippen LogP contribution in [0.15, 0.2) is 0 Å². The van der Waals surface area contributed by atoms with Gasteiger partial charge in [-0.2, -0.15) is 0 Å². The number of unbranched alkanes of at least 4 members (excludes halogenated alkanes) is 4. The molecule has 0 heterocycles. The number of carbonyl (C=O) groups excluding carboxylic acids is 1. The van der Waals surface area contributed by atoms with Gasteiger partial charge < -0.3 is 25.3 Å². The minimum atomic E-state index is -0.440. The summed E-state index contributed by atoms with van der Waals surface area (Å²) in [4.78, 5) is 11.4. The summed E-state index contributed by atoms with van der Waals surface area (Å²) in [6.07, 6.45) is 5.87. The first-order valence-electron chi connectivity index (χ1n) is 8.78. The molecule has 0 aliphatic heterocycles. The monoisotopic (exact) mass is 332 g/mol. The van der Waals surface area contributed by atoms with Gasteiger partial charge in [0.05, 0.1) is 13.2 Å². The van der Waals surface area contributed by atoms with Crippen molar-refractivity contribution in [3.63, 3.8) is 0 Å². The van der Waals surface area contributed by atoms with Crippen LogP contribution in [0, 0.1) is 0 Å². The molecule has 0 aromatic heterocycles. The highest BCUT2D eigenvalue weighted by atomic mass is 16.6. The van der Waals surface area contributed by atoms with Crippen LogP contribution in [0.2, 0.25) is 0 Å². The summed E-state index contributed by atoms with van der Waals surface area (Å²) in [6, 6.07) is 0. The maximum absolute atomic E-state index is 11.4. The Kier molecular flexibility index (Phi) is 14.2. The number of carbonyl (C=O) groups is 1. The molecule has 0 spiro atoms. The maximum atomic E-state index is 11.4. The van der Waals surface area contributed by atoms with Crippen LogP contribution >= 0.6 is 0 Å². The Morgan fingerprint density at radius 2 is 1.43 bits per heavy atom. The molecular weight excluding hydrogens is 296 g/mol. The van der Waals surface area contributed by atoms with Crippen molar-refractivity contribution in [2.45, 2.75) is 64.9 Å². The van der Waals surface area contributed by atoms with Gasteiger partial charge in [0.1, 0.15) is 5.60 Å². The third kappa shape index (κ3) is 19.1. The Hall–Kier alpha value is -0.850. The second kappa shape index (κ2) is 14.7. The van der Waals surface area contributed by atoms with Gasteiger partial charge in [-0.1, -0.05) is 0 Å². The van der Waals surface area contributed by atoms with Crippen LogP contribution in [0.25, 0.3) is 0 Å². The first-order valence-corrected chi connectivity index (χ1v) is 8.78. The minimum Gasteiger partial charge on any atom is -0.444 e. The molecule has 0 bridgehead atoms. The molecule has 6 nitrogen and oxygen atoms in total. The topological polar surface area (TPSA) is 82.8 Å². The summed E-state index contributed by atoms with van der Waals surface area (Å²) in [5.74, 6) is 0. The Bertz CT molecular complexity index is 280. The smallest absolute Gasteiger partial charge is 0.407 e. The van der Waals surface area contributed by atoms with Crippen molar-refractivity contribution in [3.05, 3.63) is 0 Å². The van der Waals surface area contributed by atoms with Crippen LogP contribution in [-0.4, -0.2) is 51.2 Å². The van der Waals surface area contributed by atoms with E-state index in [1.54, 1.807) is 0 Å². The lowest BCUT2D eigenvalue weighted by Crippen LogP contribution is -2.33. The fourth-order valence-corrected chi connectivity index (χ4v) is 1.86. The molecule has 0 rings (SSSR count). The molecule has 0 saturated heterocycles. The van der Waals surface area contributed by atoms with Crippen LogP contribution < -0.4 is 11.1 Å². The van der Waals surface area contributed by atoms with Gasteiger partial charge in [-0.15, -0.1) is 0 Å². The highest BCUT2D eigenvalue weighted by molar-refractivity contribution is 5.67. The Balaban J connectivity index is 3.15. The van der Waals surface area contributed by atoms with Gasteiger partial charge in [0.25, 0.3) is 0 Å². The molecule has 0 aromatic carbocycles. The quantitative estimate of drug-likeness (QED) is 0.478. The van der Waals surface area contributed by atoms with Gasteiger partial charge in [0.2, 0.25) is 0 Å². The zero-order valence-electron chi connectivity index (χ0n) is 15.2. The number of rotatable bonds is 14. The minimum absolute atomic E-state index is 0.350. The van der Waals surface area contributed by atoms with Crippen molar-refractivity contribution in [2.24, 2.45) is 5.73 Å². The van der Waals surface area contributed by atoms with Crippen LogP contribution in [0.5, 0.6) is 0 Å². The lowest BCUT2D eigenvalue weighted by atomic mass is 10.2. The van der Waals surface area contributed by atoms with Gasteiger partial charge in [-0.3, -0.25) is 0 Å². The normalized spacial score (nSPS) is 11.5. The van der Waals surface area contributed by atoms with E-state index in [-0.39, 0.29) is 6.09 Å². The van der Waals surface area contributed by atoms with E-state index in [2.05, 4.69) is 5.32 Å². The number of nitrogens with one attached hydrogen (secondary N) is 1. The van der Waals surface area contributed by atoms with Crippen LogP contribution in [0.4, 0.5) is 4.79 Å². The van der Waals surface area contributed by atoms with Crippen molar-refractivity contribution < 1.29 is 19.0 Å². The van der Waals surface area contributed by atoms with Crippen molar-refractivity contribution in [1.29, 1.82) is 0 Å². The van der Waals surface area contributed by atoms with E-state index in [1.165, 1.54) is 0 Å². The number of nitrogens with two attached hydrogens (primary N) is 1. The highest BCUT2D eigenvalue weighted by Gasteiger charge is 2.15. The van der Waals surface area contributed by atoms with Crippen LogP contribution in [0.3, 0.4) is 0 Å². The van der Waals surface area contributed by atoms with E-state index in [1.807, 2.05) is 20.8 Å².